The van der Waals surface area contributed by atoms with Crippen molar-refractivity contribution in [2.24, 2.45) is 0 Å². The van der Waals surface area contributed by atoms with Crippen molar-refractivity contribution < 1.29 is 18.3 Å². The van der Waals surface area contributed by atoms with Crippen LogP contribution in [0.5, 0.6) is 11.5 Å². The molecule has 0 unspecified atom stereocenters. The molecule has 1 N–H and O–H groups in total. The van der Waals surface area contributed by atoms with Crippen molar-refractivity contribution in [1.82, 2.24) is 14.9 Å². The lowest BCUT2D eigenvalue weighted by Gasteiger charge is -2.23. The van der Waals surface area contributed by atoms with Gasteiger partial charge in [-0.25, -0.2) is 13.8 Å². The molecule has 1 saturated heterocycles. The van der Waals surface area contributed by atoms with Gasteiger partial charge in [-0.2, -0.15) is 0 Å². The minimum Gasteiger partial charge on any atom is -0.493 e. The molecule has 154 valence electrons. The maximum atomic E-state index is 13.4. The maximum absolute atomic E-state index is 13.4. The van der Waals surface area contributed by atoms with Crippen LogP contribution >= 0.6 is 0 Å². The average molecular weight is 401 g/mol. The number of imidazole rings is 1. The van der Waals surface area contributed by atoms with Crippen molar-refractivity contribution in [2.75, 3.05) is 27.3 Å². The number of ether oxygens (including phenoxy) is 2. The first-order valence-electron chi connectivity index (χ1n) is 9.82. The molecule has 29 heavy (non-hydrogen) atoms. The van der Waals surface area contributed by atoms with Gasteiger partial charge in [0.05, 0.1) is 31.8 Å². The summed E-state index contributed by atoms with van der Waals surface area (Å²) in [6, 6.07) is 11.4. The number of rotatable bonds is 6. The quantitative estimate of drug-likeness (QED) is 0.663. The number of fused-ring (bicyclic) bond motifs is 1. The van der Waals surface area contributed by atoms with E-state index in [1.807, 2.05) is 18.2 Å². The largest absolute Gasteiger partial charge is 0.493 e. The molecule has 0 atom stereocenters. The molecular weight excluding hydrogens is 376 g/mol. The third kappa shape index (κ3) is 3.92. The van der Waals surface area contributed by atoms with Gasteiger partial charge in [-0.15, -0.1) is 0 Å². The van der Waals surface area contributed by atoms with Crippen LogP contribution in [0.3, 0.4) is 0 Å². The number of hydrogen-bond acceptors (Lipinski definition) is 4. The average Bonchev–Trinajstić information content (AvgIpc) is 3.11. The smallest absolute Gasteiger partial charge is 0.256 e. The fraction of sp³-hybridized carbons (Fsp3) is 0.409. The molecule has 0 saturated carbocycles. The predicted octanol–water partition coefficient (Wildman–Crippen LogP) is 4.45. The third-order valence-electron chi connectivity index (χ3n) is 5.55. The minimum absolute atomic E-state index is 0.407. The lowest BCUT2D eigenvalue weighted by atomic mass is 9.90. The summed E-state index contributed by atoms with van der Waals surface area (Å²) < 4.78 is 39.2. The van der Waals surface area contributed by atoms with E-state index < -0.39 is 13.0 Å². The highest BCUT2D eigenvalue weighted by Gasteiger charge is 2.20. The van der Waals surface area contributed by atoms with Gasteiger partial charge in [0.25, 0.3) is 6.43 Å². The lowest BCUT2D eigenvalue weighted by Crippen LogP contribution is -2.26. The normalized spacial score (nSPS) is 15.2. The summed E-state index contributed by atoms with van der Waals surface area (Å²) in [6.07, 6.45) is -0.373. The summed E-state index contributed by atoms with van der Waals surface area (Å²) >= 11 is 0. The minimum atomic E-state index is -2.48. The molecule has 1 aliphatic rings. The second kappa shape index (κ2) is 8.37. The zero-order valence-corrected chi connectivity index (χ0v) is 16.6. The van der Waals surface area contributed by atoms with Crippen LogP contribution in [0.15, 0.2) is 36.4 Å². The van der Waals surface area contributed by atoms with Crippen molar-refractivity contribution in [3.63, 3.8) is 0 Å². The lowest BCUT2D eigenvalue weighted by molar-refractivity contribution is 0.128. The first-order chi connectivity index (χ1) is 14.1. The second-order valence-corrected chi connectivity index (χ2v) is 7.28. The fourth-order valence-electron chi connectivity index (χ4n) is 4.07. The van der Waals surface area contributed by atoms with Crippen molar-refractivity contribution in [3.05, 3.63) is 42.0 Å². The van der Waals surface area contributed by atoms with E-state index >= 15 is 0 Å². The molecule has 5 nitrogen and oxygen atoms in total. The topological polar surface area (TPSA) is 48.3 Å². The molecule has 3 aromatic rings. The van der Waals surface area contributed by atoms with Crippen LogP contribution in [0.4, 0.5) is 8.78 Å². The van der Waals surface area contributed by atoms with Crippen LogP contribution in [0.2, 0.25) is 0 Å². The summed E-state index contributed by atoms with van der Waals surface area (Å²) in [5.41, 5.74) is 3.36. The van der Waals surface area contributed by atoms with E-state index in [1.54, 1.807) is 30.9 Å². The summed E-state index contributed by atoms with van der Waals surface area (Å²) in [6.45, 7) is 1.56. The Morgan fingerprint density at radius 3 is 2.52 bits per heavy atom. The number of nitrogens with zero attached hydrogens (tertiary/aromatic N) is 2. The highest BCUT2D eigenvalue weighted by Crippen LogP contribution is 2.35. The van der Waals surface area contributed by atoms with Crippen LogP contribution in [0, 0.1) is 0 Å². The molecule has 0 radical (unpaired) electrons. The molecule has 4 rings (SSSR count). The van der Waals surface area contributed by atoms with Crippen LogP contribution in [0.25, 0.3) is 22.4 Å². The number of hydrogen-bond donors (Lipinski definition) is 1. The van der Waals surface area contributed by atoms with E-state index in [0.717, 1.165) is 31.4 Å². The van der Waals surface area contributed by atoms with Crippen LogP contribution in [-0.4, -0.2) is 43.3 Å². The zero-order valence-electron chi connectivity index (χ0n) is 16.6. The first-order valence-corrected chi connectivity index (χ1v) is 9.82. The van der Waals surface area contributed by atoms with Crippen molar-refractivity contribution in [2.45, 2.75) is 31.7 Å². The van der Waals surface area contributed by atoms with Gasteiger partial charge in [0.15, 0.2) is 11.5 Å². The van der Waals surface area contributed by atoms with Gasteiger partial charge in [-0.3, -0.25) is 0 Å². The predicted molar refractivity (Wildman–Crippen MR) is 109 cm³/mol. The molecule has 7 heteroatoms. The molecule has 0 aliphatic carbocycles. The van der Waals surface area contributed by atoms with Crippen molar-refractivity contribution in [1.29, 1.82) is 0 Å². The zero-order chi connectivity index (χ0) is 20.4. The summed E-state index contributed by atoms with van der Waals surface area (Å²) in [7, 11) is 3.11. The highest BCUT2D eigenvalue weighted by atomic mass is 19.3. The van der Waals surface area contributed by atoms with E-state index in [0.29, 0.717) is 34.3 Å². The van der Waals surface area contributed by atoms with Crippen molar-refractivity contribution in [3.8, 4) is 22.9 Å². The molecule has 0 bridgehead atoms. The van der Waals surface area contributed by atoms with Crippen LogP contribution < -0.4 is 14.8 Å². The van der Waals surface area contributed by atoms with Gasteiger partial charge in [-0.1, -0.05) is 6.07 Å². The Hall–Kier alpha value is -2.67. The highest BCUT2D eigenvalue weighted by molar-refractivity contribution is 5.82. The summed E-state index contributed by atoms with van der Waals surface area (Å²) in [5, 5.41) is 3.37. The van der Waals surface area contributed by atoms with Gasteiger partial charge in [0, 0.05) is 5.56 Å². The maximum Gasteiger partial charge on any atom is 0.256 e. The van der Waals surface area contributed by atoms with E-state index in [9.17, 15) is 8.78 Å². The van der Waals surface area contributed by atoms with E-state index in [-0.39, 0.29) is 0 Å². The number of nitrogens with one attached hydrogen (secondary N) is 1. The number of piperidine rings is 1. The Bertz CT molecular complexity index is 997. The van der Waals surface area contributed by atoms with E-state index in [1.165, 1.54) is 5.56 Å². The number of methoxy groups -OCH3 is 2. The van der Waals surface area contributed by atoms with Gasteiger partial charge < -0.3 is 19.4 Å². The number of benzene rings is 2. The summed E-state index contributed by atoms with van der Waals surface area (Å²) in [5.74, 6) is 2.07. The Morgan fingerprint density at radius 1 is 1.07 bits per heavy atom. The molecule has 2 aromatic carbocycles. The number of halogens is 2. The van der Waals surface area contributed by atoms with Gasteiger partial charge in [0.2, 0.25) is 0 Å². The molecule has 1 fully saturated rings. The standard InChI is InChI=1S/C22H25F2N3O2/c1-28-19-6-4-16(12-20(19)29-2)22-26-17-5-3-15(14-7-9-25-10-8-14)11-18(17)27(22)13-21(23)24/h3-6,11-12,14,21,25H,7-10,13H2,1-2H3. The summed E-state index contributed by atoms with van der Waals surface area (Å²) in [4.78, 5) is 4.67. The molecule has 2 heterocycles. The van der Waals surface area contributed by atoms with Crippen LogP contribution in [0.1, 0.15) is 24.3 Å². The van der Waals surface area contributed by atoms with E-state index in [2.05, 4.69) is 16.4 Å². The Balaban J connectivity index is 1.83. The molecule has 0 amide bonds. The first kappa shape index (κ1) is 19.6. The molecule has 1 aliphatic heterocycles. The second-order valence-electron chi connectivity index (χ2n) is 7.28. The van der Waals surface area contributed by atoms with Gasteiger partial charge in [-0.05, 0) is 67.7 Å². The molecule has 1 aromatic heterocycles. The van der Waals surface area contributed by atoms with Gasteiger partial charge in [0.1, 0.15) is 5.82 Å². The SMILES string of the molecule is COc1ccc(-c2nc3ccc(C4CCNCC4)cc3n2CC(F)F)cc1OC. The van der Waals surface area contributed by atoms with E-state index in [4.69, 9.17) is 9.47 Å². The molecule has 0 spiro atoms. The molecular formula is C22H25F2N3O2. The van der Waals surface area contributed by atoms with Crippen LogP contribution in [-0.2, 0) is 6.54 Å². The Labute approximate surface area is 168 Å². The number of alkyl halides is 2. The Morgan fingerprint density at radius 2 is 1.83 bits per heavy atom. The Kier molecular flexibility index (Phi) is 5.67. The number of aromatic nitrogens is 2. The monoisotopic (exact) mass is 401 g/mol. The van der Waals surface area contributed by atoms with Crippen molar-refractivity contribution >= 4 is 11.0 Å². The third-order valence-corrected chi connectivity index (χ3v) is 5.55. The van der Waals surface area contributed by atoms with Gasteiger partial charge >= 0.3 is 0 Å². The fourth-order valence-corrected chi connectivity index (χ4v) is 4.07.